The number of non-ortho nitro benzene ring substituents is 1. The summed E-state index contributed by atoms with van der Waals surface area (Å²) in [5.41, 5.74) is 0.293. The number of nitro benzene ring substituents is 1. The zero-order valence-corrected chi connectivity index (χ0v) is 10.7. The molecule has 20 heavy (non-hydrogen) atoms. The number of benzene rings is 1. The third-order valence-corrected chi connectivity index (χ3v) is 3.49. The molecule has 1 aliphatic heterocycles. The smallest absolute Gasteiger partial charge is 0.301 e. The maximum absolute atomic E-state index is 10.9. The summed E-state index contributed by atoms with van der Waals surface area (Å²) in [5.74, 6) is 0.965. The molecule has 1 N–H and O–H groups in total. The number of nitro groups is 1. The second-order valence-electron chi connectivity index (χ2n) is 4.81. The number of rotatable bonds is 4. The van der Waals surface area contributed by atoms with Crippen LogP contribution in [-0.2, 0) is 0 Å². The molecule has 3 rings (SSSR count). The van der Waals surface area contributed by atoms with Crippen LogP contribution in [0.5, 0.6) is 5.75 Å². The number of nitrogens with one attached hydrogen (secondary N) is 1. The van der Waals surface area contributed by atoms with Gasteiger partial charge in [0.05, 0.1) is 11.5 Å². The first kappa shape index (κ1) is 12.8. The van der Waals surface area contributed by atoms with Crippen molar-refractivity contribution in [2.75, 3.05) is 19.7 Å². The molecule has 2 aromatic rings. The fourth-order valence-electron chi connectivity index (χ4n) is 2.35. The third-order valence-electron chi connectivity index (χ3n) is 3.49. The Balaban J connectivity index is 1.79. The highest BCUT2D eigenvalue weighted by atomic mass is 16.6. The van der Waals surface area contributed by atoms with Crippen LogP contribution in [0.15, 0.2) is 16.8 Å². The van der Waals surface area contributed by atoms with Crippen molar-refractivity contribution >= 4 is 16.7 Å². The Bertz CT molecular complexity index is 621. The molecule has 0 radical (unpaired) electrons. The van der Waals surface area contributed by atoms with Gasteiger partial charge in [-0.3, -0.25) is 10.1 Å². The summed E-state index contributed by atoms with van der Waals surface area (Å²) in [6.07, 6.45) is 2.13. The van der Waals surface area contributed by atoms with Crippen molar-refractivity contribution in [3.63, 3.8) is 0 Å². The number of hydrogen-bond donors (Lipinski definition) is 1. The van der Waals surface area contributed by atoms with Gasteiger partial charge in [0.25, 0.3) is 0 Å². The van der Waals surface area contributed by atoms with Crippen LogP contribution in [0.3, 0.4) is 0 Å². The van der Waals surface area contributed by atoms with E-state index in [4.69, 9.17) is 4.74 Å². The molecule has 0 aliphatic carbocycles. The molecule has 0 unspecified atom stereocenters. The molecule has 0 bridgehead atoms. The molecule has 0 spiro atoms. The van der Waals surface area contributed by atoms with Gasteiger partial charge in [-0.15, -0.1) is 0 Å². The summed E-state index contributed by atoms with van der Waals surface area (Å²) in [6.45, 7) is 2.56. The molecule has 1 aliphatic rings. The van der Waals surface area contributed by atoms with Gasteiger partial charge in [-0.1, -0.05) is 0 Å². The lowest BCUT2D eigenvalue weighted by Gasteiger charge is -2.22. The molecule has 0 saturated carbocycles. The normalized spacial score (nSPS) is 16.4. The molecule has 1 aromatic heterocycles. The third kappa shape index (κ3) is 2.42. The summed E-state index contributed by atoms with van der Waals surface area (Å²) in [4.78, 5) is 10.4. The van der Waals surface area contributed by atoms with Crippen molar-refractivity contribution < 1.29 is 14.3 Å². The van der Waals surface area contributed by atoms with Crippen molar-refractivity contribution in [3.05, 3.63) is 22.2 Å². The topological polar surface area (TPSA) is 103 Å². The number of fused-ring (bicyclic) bond motifs is 1. The fraction of sp³-hybridized carbons (Fsp3) is 0.500. The Labute approximate surface area is 114 Å². The monoisotopic (exact) mass is 278 g/mol. The SMILES string of the molecule is O=[N+]([O-])c1ccc(OCC2CCNCC2)c2nonc12. The highest BCUT2D eigenvalue weighted by Crippen LogP contribution is 2.30. The largest absolute Gasteiger partial charge is 0.491 e. The molecule has 1 aromatic carbocycles. The predicted molar refractivity (Wildman–Crippen MR) is 69.5 cm³/mol. The van der Waals surface area contributed by atoms with E-state index in [0.29, 0.717) is 23.8 Å². The minimum Gasteiger partial charge on any atom is -0.491 e. The van der Waals surface area contributed by atoms with Crippen LogP contribution in [0.25, 0.3) is 11.0 Å². The summed E-state index contributed by atoms with van der Waals surface area (Å²) in [5, 5.41) is 21.4. The van der Waals surface area contributed by atoms with E-state index in [1.807, 2.05) is 0 Å². The van der Waals surface area contributed by atoms with E-state index in [1.165, 1.54) is 6.07 Å². The standard InChI is InChI=1S/C12H14N4O4/c17-16(18)9-1-2-10(12-11(9)14-20-15-12)19-7-8-3-5-13-6-4-8/h1-2,8,13H,3-7H2. The average molecular weight is 278 g/mol. The van der Waals surface area contributed by atoms with Crippen LogP contribution in [0.1, 0.15) is 12.8 Å². The van der Waals surface area contributed by atoms with Crippen LogP contribution >= 0.6 is 0 Å². The van der Waals surface area contributed by atoms with E-state index < -0.39 is 4.92 Å². The Hall–Kier alpha value is -2.22. The molecular formula is C12H14N4O4. The lowest BCUT2D eigenvalue weighted by atomic mass is 9.99. The lowest BCUT2D eigenvalue weighted by molar-refractivity contribution is -0.383. The van der Waals surface area contributed by atoms with Crippen molar-refractivity contribution in [2.24, 2.45) is 5.92 Å². The van der Waals surface area contributed by atoms with Crippen molar-refractivity contribution in [2.45, 2.75) is 12.8 Å². The summed E-state index contributed by atoms with van der Waals surface area (Å²) in [6, 6.07) is 2.91. The van der Waals surface area contributed by atoms with Gasteiger partial charge in [0.2, 0.25) is 5.52 Å². The molecule has 0 amide bonds. The Kier molecular flexibility index (Phi) is 3.46. The summed E-state index contributed by atoms with van der Waals surface area (Å²) in [7, 11) is 0. The molecule has 8 heteroatoms. The molecule has 0 atom stereocenters. The van der Waals surface area contributed by atoms with Gasteiger partial charge in [-0.05, 0) is 48.2 Å². The van der Waals surface area contributed by atoms with Crippen LogP contribution < -0.4 is 10.1 Å². The Morgan fingerprint density at radius 2 is 2.10 bits per heavy atom. The maximum atomic E-state index is 10.9. The van der Waals surface area contributed by atoms with Crippen LogP contribution in [-0.4, -0.2) is 34.9 Å². The van der Waals surface area contributed by atoms with Gasteiger partial charge in [0, 0.05) is 6.07 Å². The molecule has 8 nitrogen and oxygen atoms in total. The number of aromatic nitrogens is 2. The second-order valence-corrected chi connectivity index (χ2v) is 4.81. The zero-order chi connectivity index (χ0) is 13.9. The molecular weight excluding hydrogens is 264 g/mol. The summed E-state index contributed by atoms with van der Waals surface area (Å²) < 4.78 is 10.3. The van der Waals surface area contributed by atoms with Gasteiger partial charge in [0.1, 0.15) is 0 Å². The van der Waals surface area contributed by atoms with E-state index in [1.54, 1.807) is 6.07 Å². The minimum absolute atomic E-state index is 0.123. The highest BCUT2D eigenvalue weighted by molar-refractivity contribution is 5.88. The van der Waals surface area contributed by atoms with Crippen molar-refractivity contribution in [1.29, 1.82) is 0 Å². The lowest BCUT2D eigenvalue weighted by Crippen LogP contribution is -2.30. The van der Waals surface area contributed by atoms with Crippen molar-refractivity contribution in [1.82, 2.24) is 15.6 Å². The average Bonchev–Trinajstić information content (AvgIpc) is 2.95. The Morgan fingerprint density at radius 3 is 2.85 bits per heavy atom. The van der Waals surface area contributed by atoms with E-state index in [0.717, 1.165) is 25.9 Å². The number of nitrogens with zero attached hydrogens (tertiary/aromatic N) is 3. The van der Waals surface area contributed by atoms with Crippen LogP contribution in [0, 0.1) is 16.0 Å². The number of hydrogen-bond acceptors (Lipinski definition) is 7. The van der Waals surface area contributed by atoms with Gasteiger partial charge >= 0.3 is 5.69 Å². The minimum atomic E-state index is -0.511. The first-order chi connectivity index (χ1) is 9.75. The predicted octanol–water partition coefficient (Wildman–Crippen LogP) is 1.51. The molecule has 1 saturated heterocycles. The number of ether oxygens (including phenoxy) is 1. The highest BCUT2D eigenvalue weighted by Gasteiger charge is 2.21. The first-order valence-corrected chi connectivity index (χ1v) is 6.49. The first-order valence-electron chi connectivity index (χ1n) is 6.49. The quantitative estimate of drug-likeness (QED) is 0.667. The molecule has 1 fully saturated rings. The van der Waals surface area contributed by atoms with E-state index in [2.05, 4.69) is 20.3 Å². The molecule has 106 valence electrons. The maximum Gasteiger partial charge on any atom is 0.301 e. The second kappa shape index (κ2) is 5.41. The van der Waals surface area contributed by atoms with Gasteiger partial charge in [-0.25, -0.2) is 4.63 Å². The number of piperidine rings is 1. The van der Waals surface area contributed by atoms with Gasteiger partial charge in [0.15, 0.2) is 11.3 Å². The van der Waals surface area contributed by atoms with Crippen molar-refractivity contribution in [3.8, 4) is 5.75 Å². The fourth-order valence-corrected chi connectivity index (χ4v) is 2.35. The van der Waals surface area contributed by atoms with E-state index >= 15 is 0 Å². The van der Waals surface area contributed by atoms with Crippen LogP contribution in [0.4, 0.5) is 5.69 Å². The summed E-state index contributed by atoms with van der Waals surface area (Å²) >= 11 is 0. The molecule has 2 heterocycles. The van der Waals surface area contributed by atoms with Gasteiger partial charge < -0.3 is 10.1 Å². The van der Waals surface area contributed by atoms with Gasteiger partial charge in [-0.2, -0.15) is 0 Å². The zero-order valence-electron chi connectivity index (χ0n) is 10.7. The van der Waals surface area contributed by atoms with Crippen LogP contribution in [0.2, 0.25) is 0 Å². The van der Waals surface area contributed by atoms with E-state index in [-0.39, 0.29) is 11.2 Å². The van der Waals surface area contributed by atoms with E-state index in [9.17, 15) is 10.1 Å². The Morgan fingerprint density at radius 1 is 1.35 bits per heavy atom.